The maximum absolute atomic E-state index is 11.9. The summed E-state index contributed by atoms with van der Waals surface area (Å²) in [7, 11) is 0. The minimum Gasteiger partial charge on any atom is -0.490 e. The van der Waals surface area contributed by atoms with Crippen LogP contribution in [0.5, 0.6) is 5.75 Å². The summed E-state index contributed by atoms with van der Waals surface area (Å²) >= 11 is 1.32. The lowest BCUT2D eigenvalue weighted by Gasteiger charge is -2.03. The number of nitrogens with zero attached hydrogens (tertiary/aromatic N) is 1. The van der Waals surface area contributed by atoms with Gasteiger partial charge in [-0.3, -0.25) is 4.79 Å². The molecular weight excluding hydrogens is 352 g/mol. The predicted molar refractivity (Wildman–Crippen MR) is 101 cm³/mol. The van der Waals surface area contributed by atoms with Gasteiger partial charge in [0.1, 0.15) is 29.5 Å². The third-order valence-electron chi connectivity index (χ3n) is 3.37. The quantitative estimate of drug-likeness (QED) is 0.393. The van der Waals surface area contributed by atoms with E-state index in [1.807, 2.05) is 12.1 Å². The van der Waals surface area contributed by atoms with E-state index in [2.05, 4.69) is 16.5 Å². The van der Waals surface area contributed by atoms with Crippen molar-refractivity contribution >= 4 is 33.6 Å². The van der Waals surface area contributed by atoms with E-state index in [1.165, 1.54) is 17.4 Å². The number of nitrogens with one attached hydrogen (secondary N) is 1. The summed E-state index contributed by atoms with van der Waals surface area (Å²) in [5.74, 6) is 0.514. The first-order chi connectivity index (χ1) is 12.7. The number of carbonyl (C=O) groups excluding carboxylic acids is 1. The summed E-state index contributed by atoms with van der Waals surface area (Å²) in [5, 5.41) is 1.79. The van der Waals surface area contributed by atoms with Crippen LogP contribution >= 0.6 is 11.3 Å². The summed E-state index contributed by atoms with van der Waals surface area (Å²) in [6.45, 7) is 3.93. The number of aromatic nitrogens is 2. The second-order valence-corrected chi connectivity index (χ2v) is 6.17. The Labute approximate surface area is 153 Å². The number of fused-ring (bicyclic) bond motifs is 1. The number of H-pyrrole nitrogens is 1. The molecule has 0 radical (unpaired) electrons. The van der Waals surface area contributed by atoms with E-state index in [0.29, 0.717) is 22.6 Å². The molecule has 3 rings (SSSR count). The van der Waals surface area contributed by atoms with Gasteiger partial charge in [0.05, 0.1) is 5.52 Å². The lowest BCUT2D eigenvalue weighted by Crippen LogP contribution is -2.12. The van der Waals surface area contributed by atoms with Crippen molar-refractivity contribution in [3.8, 4) is 5.75 Å². The third-order valence-corrected chi connectivity index (χ3v) is 4.28. The van der Waals surface area contributed by atoms with Gasteiger partial charge in [-0.2, -0.15) is 0 Å². The van der Waals surface area contributed by atoms with Gasteiger partial charge in [-0.1, -0.05) is 24.8 Å². The number of carbonyl (C=O) groups is 1. The van der Waals surface area contributed by atoms with Gasteiger partial charge in [0.25, 0.3) is 5.56 Å². The molecular formula is C19H16N2O4S. The molecule has 0 aliphatic heterocycles. The highest BCUT2D eigenvalue weighted by molar-refractivity contribution is 7.17. The van der Waals surface area contributed by atoms with E-state index in [1.54, 1.807) is 35.7 Å². The zero-order valence-electron chi connectivity index (χ0n) is 13.8. The van der Waals surface area contributed by atoms with E-state index in [0.717, 1.165) is 11.3 Å². The highest BCUT2D eigenvalue weighted by atomic mass is 32.1. The average Bonchev–Trinajstić information content (AvgIpc) is 3.13. The van der Waals surface area contributed by atoms with Crippen molar-refractivity contribution in [1.82, 2.24) is 9.97 Å². The van der Waals surface area contributed by atoms with Crippen molar-refractivity contribution in [3.63, 3.8) is 0 Å². The van der Waals surface area contributed by atoms with Crippen LogP contribution in [0.4, 0.5) is 0 Å². The fraction of sp³-hybridized carbons (Fsp3) is 0.105. The topological polar surface area (TPSA) is 81.3 Å². The first kappa shape index (κ1) is 17.6. The van der Waals surface area contributed by atoms with E-state index >= 15 is 0 Å². The van der Waals surface area contributed by atoms with Crippen LogP contribution in [0.1, 0.15) is 11.4 Å². The Kier molecular flexibility index (Phi) is 5.60. The molecule has 2 aromatic heterocycles. The molecule has 0 bridgehead atoms. The second-order valence-electron chi connectivity index (χ2n) is 5.26. The molecule has 6 nitrogen and oxygen atoms in total. The molecule has 0 fully saturated rings. The average molecular weight is 368 g/mol. The summed E-state index contributed by atoms with van der Waals surface area (Å²) in [6.07, 6.45) is 4.63. The van der Waals surface area contributed by atoms with E-state index < -0.39 is 5.97 Å². The number of benzene rings is 1. The first-order valence-electron chi connectivity index (χ1n) is 7.80. The van der Waals surface area contributed by atoms with Gasteiger partial charge in [-0.05, 0) is 35.2 Å². The third kappa shape index (κ3) is 4.46. The zero-order valence-corrected chi connectivity index (χ0v) is 14.6. The van der Waals surface area contributed by atoms with E-state index in [4.69, 9.17) is 9.47 Å². The van der Waals surface area contributed by atoms with Crippen molar-refractivity contribution in [2.75, 3.05) is 6.61 Å². The van der Waals surface area contributed by atoms with Crippen LogP contribution in [0.2, 0.25) is 0 Å². The molecule has 132 valence electrons. The molecule has 0 aliphatic rings. The Morgan fingerprint density at radius 1 is 1.27 bits per heavy atom. The van der Waals surface area contributed by atoms with Crippen molar-refractivity contribution in [2.24, 2.45) is 0 Å². The van der Waals surface area contributed by atoms with Crippen molar-refractivity contribution in [1.29, 1.82) is 0 Å². The first-order valence-corrected chi connectivity index (χ1v) is 8.68. The number of hydrogen-bond acceptors (Lipinski definition) is 6. The number of hydrogen-bond donors (Lipinski definition) is 1. The highest BCUT2D eigenvalue weighted by Gasteiger charge is 2.06. The Bertz CT molecular complexity index is 1000. The number of ether oxygens (including phenoxy) is 2. The second kappa shape index (κ2) is 8.26. The summed E-state index contributed by atoms with van der Waals surface area (Å²) in [5.41, 5.74) is 1.20. The van der Waals surface area contributed by atoms with Gasteiger partial charge in [-0.15, -0.1) is 11.3 Å². The summed E-state index contributed by atoms with van der Waals surface area (Å²) in [4.78, 5) is 30.6. The molecule has 26 heavy (non-hydrogen) atoms. The van der Waals surface area contributed by atoms with Crippen molar-refractivity contribution in [3.05, 3.63) is 76.2 Å². The Balaban J connectivity index is 1.56. The van der Waals surface area contributed by atoms with Crippen LogP contribution < -0.4 is 10.3 Å². The molecule has 0 unspecified atom stereocenters. The van der Waals surface area contributed by atoms with Crippen molar-refractivity contribution in [2.45, 2.75) is 6.61 Å². The van der Waals surface area contributed by atoms with Crippen LogP contribution in [-0.4, -0.2) is 22.5 Å². The molecule has 1 aromatic carbocycles. The Morgan fingerprint density at radius 2 is 2.08 bits per heavy atom. The zero-order chi connectivity index (χ0) is 18.4. The van der Waals surface area contributed by atoms with E-state index in [9.17, 15) is 9.59 Å². The normalized spacial score (nSPS) is 10.9. The molecule has 0 aliphatic carbocycles. The van der Waals surface area contributed by atoms with Crippen LogP contribution in [0, 0.1) is 0 Å². The van der Waals surface area contributed by atoms with Gasteiger partial charge < -0.3 is 14.5 Å². The number of thiophene rings is 1. The van der Waals surface area contributed by atoms with Crippen molar-refractivity contribution < 1.29 is 14.3 Å². The molecule has 1 N–H and O–H groups in total. The van der Waals surface area contributed by atoms with Crippen LogP contribution in [0.3, 0.4) is 0 Å². The Hall–Kier alpha value is -3.19. The van der Waals surface area contributed by atoms with Gasteiger partial charge in [0.2, 0.25) is 0 Å². The molecule has 0 spiro atoms. The summed E-state index contributed by atoms with van der Waals surface area (Å²) in [6, 6.07) is 9.01. The molecule has 3 aromatic rings. The monoisotopic (exact) mass is 368 g/mol. The molecule has 0 amide bonds. The molecule has 0 saturated heterocycles. The van der Waals surface area contributed by atoms with E-state index in [-0.39, 0.29) is 12.2 Å². The standard InChI is InChI=1S/C19H16N2O4S/c1-2-10-24-14-6-3-13(4-7-14)5-8-17(22)25-12-16-20-15-9-11-26-18(15)19(23)21-16/h2-9,11H,1,10,12H2,(H,20,21,23)/b8-5+. The SMILES string of the molecule is C=CCOc1ccc(/C=C/C(=O)OCc2nc3ccsc3c(=O)[nH]2)cc1. The van der Waals surface area contributed by atoms with Gasteiger partial charge >= 0.3 is 5.97 Å². The lowest BCUT2D eigenvalue weighted by molar-refractivity contribution is -0.139. The van der Waals surface area contributed by atoms with Gasteiger partial charge in [0.15, 0.2) is 0 Å². The minimum absolute atomic E-state index is 0.0987. The molecule has 0 saturated carbocycles. The Morgan fingerprint density at radius 3 is 2.85 bits per heavy atom. The summed E-state index contributed by atoms with van der Waals surface area (Å²) < 4.78 is 11.1. The lowest BCUT2D eigenvalue weighted by atomic mass is 10.2. The maximum Gasteiger partial charge on any atom is 0.331 e. The molecule has 0 atom stereocenters. The largest absolute Gasteiger partial charge is 0.490 e. The fourth-order valence-corrected chi connectivity index (χ4v) is 2.90. The maximum atomic E-state index is 11.9. The smallest absolute Gasteiger partial charge is 0.331 e. The molecule has 2 heterocycles. The number of rotatable bonds is 7. The molecule has 7 heteroatoms. The number of aromatic amines is 1. The van der Waals surface area contributed by atoms with Crippen LogP contribution in [0.25, 0.3) is 16.3 Å². The highest BCUT2D eigenvalue weighted by Crippen LogP contribution is 2.14. The fourth-order valence-electron chi connectivity index (χ4n) is 2.17. The van der Waals surface area contributed by atoms with Crippen LogP contribution in [-0.2, 0) is 16.1 Å². The van der Waals surface area contributed by atoms with Gasteiger partial charge in [-0.25, -0.2) is 9.78 Å². The minimum atomic E-state index is -0.523. The van der Waals surface area contributed by atoms with Gasteiger partial charge in [0, 0.05) is 6.08 Å². The number of esters is 1. The predicted octanol–water partition coefficient (Wildman–Crippen LogP) is 3.31. The van der Waals surface area contributed by atoms with Crippen LogP contribution in [0.15, 0.2) is 59.2 Å².